The van der Waals surface area contributed by atoms with Crippen LogP contribution < -0.4 is 15.4 Å². The van der Waals surface area contributed by atoms with Crippen molar-refractivity contribution in [1.29, 1.82) is 0 Å². The highest BCUT2D eigenvalue weighted by Gasteiger charge is 2.23. The van der Waals surface area contributed by atoms with Gasteiger partial charge in [-0.15, -0.1) is 0 Å². The Bertz CT molecular complexity index is 872. The van der Waals surface area contributed by atoms with Crippen molar-refractivity contribution in [2.45, 2.75) is 40.3 Å². The van der Waals surface area contributed by atoms with Crippen molar-refractivity contribution in [3.63, 3.8) is 0 Å². The van der Waals surface area contributed by atoms with Crippen molar-refractivity contribution < 1.29 is 23.1 Å². The molecule has 0 unspecified atom stereocenters. The lowest BCUT2D eigenvalue weighted by molar-refractivity contribution is -0.129. The van der Waals surface area contributed by atoms with Crippen molar-refractivity contribution in [2.75, 3.05) is 0 Å². The van der Waals surface area contributed by atoms with Crippen LogP contribution in [0.15, 0.2) is 30.5 Å². The quantitative estimate of drug-likeness (QED) is 0.759. The van der Waals surface area contributed by atoms with E-state index < -0.39 is 17.7 Å². The summed E-state index contributed by atoms with van der Waals surface area (Å²) in [5, 5.41) is 5.31. The number of amides is 2. The number of aromatic nitrogens is 1. The maximum Gasteiger partial charge on any atom is 0.243 e. The number of carbonyl (C=O) groups excluding carboxylic acids is 2. The van der Waals surface area contributed by atoms with Crippen LogP contribution in [-0.4, -0.2) is 22.8 Å². The van der Waals surface area contributed by atoms with Gasteiger partial charge in [-0.05, 0) is 30.5 Å². The number of aryl methyl sites for hydroxylation is 1. The van der Waals surface area contributed by atoms with Gasteiger partial charge in [-0.25, -0.2) is 9.37 Å². The smallest absolute Gasteiger partial charge is 0.243 e. The van der Waals surface area contributed by atoms with Gasteiger partial charge in [0.2, 0.25) is 23.5 Å². The molecule has 1 heterocycles. The zero-order valence-corrected chi connectivity index (χ0v) is 16.2. The molecule has 0 radical (unpaired) electrons. The summed E-state index contributed by atoms with van der Waals surface area (Å²) in [4.78, 5) is 27.7. The number of rotatable bonds is 7. The molecule has 0 aliphatic carbocycles. The first-order valence-electron chi connectivity index (χ1n) is 8.81. The van der Waals surface area contributed by atoms with Crippen LogP contribution in [0.25, 0.3) is 0 Å². The molecule has 2 rings (SSSR count). The van der Waals surface area contributed by atoms with E-state index in [4.69, 9.17) is 4.74 Å². The van der Waals surface area contributed by atoms with E-state index in [0.29, 0.717) is 5.56 Å². The molecule has 1 atom stereocenters. The Kier molecular flexibility index (Phi) is 7.03. The average molecular weight is 391 g/mol. The summed E-state index contributed by atoms with van der Waals surface area (Å²) in [6.07, 6.45) is 1.44. The van der Waals surface area contributed by atoms with Gasteiger partial charge in [0.1, 0.15) is 6.04 Å². The minimum Gasteiger partial charge on any atom is -0.435 e. The number of ether oxygens (including phenoxy) is 1. The van der Waals surface area contributed by atoms with Gasteiger partial charge in [0.25, 0.3) is 0 Å². The predicted octanol–water partition coefficient (Wildman–Crippen LogP) is 3.24. The molecule has 150 valence electrons. The number of benzene rings is 1. The van der Waals surface area contributed by atoms with E-state index in [1.54, 1.807) is 12.1 Å². The van der Waals surface area contributed by atoms with Gasteiger partial charge in [0.15, 0.2) is 11.6 Å². The monoisotopic (exact) mass is 391 g/mol. The van der Waals surface area contributed by atoms with E-state index in [1.807, 2.05) is 13.8 Å². The number of hydrogen-bond donors (Lipinski definition) is 2. The molecule has 2 amide bonds. The van der Waals surface area contributed by atoms with E-state index in [1.165, 1.54) is 32.2 Å². The van der Waals surface area contributed by atoms with Crippen LogP contribution in [0.3, 0.4) is 0 Å². The van der Waals surface area contributed by atoms with Crippen LogP contribution in [0.5, 0.6) is 11.6 Å². The zero-order chi connectivity index (χ0) is 20.8. The maximum absolute atomic E-state index is 14.1. The molecule has 1 aromatic carbocycles. The molecule has 0 bridgehead atoms. The molecule has 0 saturated carbocycles. The molecule has 0 saturated heterocycles. The van der Waals surface area contributed by atoms with Gasteiger partial charge < -0.3 is 15.4 Å². The maximum atomic E-state index is 14.1. The Morgan fingerprint density at radius 1 is 1.18 bits per heavy atom. The summed E-state index contributed by atoms with van der Waals surface area (Å²) in [6, 6.07) is 5.30. The minimum absolute atomic E-state index is 0.0424. The number of carbonyl (C=O) groups is 2. The van der Waals surface area contributed by atoms with E-state index in [9.17, 15) is 18.4 Å². The third-order valence-electron chi connectivity index (χ3n) is 4.06. The average Bonchev–Trinajstić information content (AvgIpc) is 2.65. The lowest BCUT2D eigenvalue weighted by atomic mass is 10.0. The summed E-state index contributed by atoms with van der Waals surface area (Å²) in [6.45, 7) is 6.46. The number of nitrogens with zero attached hydrogens (tertiary/aromatic N) is 1. The molecule has 2 aromatic rings. The molecule has 28 heavy (non-hydrogen) atoms. The van der Waals surface area contributed by atoms with Crippen LogP contribution in [0, 0.1) is 24.5 Å². The first-order valence-corrected chi connectivity index (χ1v) is 8.81. The highest BCUT2D eigenvalue weighted by molar-refractivity contribution is 5.87. The molecular weight excluding hydrogens is 368 g/mol. The lowest BCUT2D eigenvalue weighted by Gasteiger charge is -2.21. The first kappa shape index (κ1) is 21.3. The minimum atomic E-state index is -1.11. The number of halogens is 2. The Morgan fingerprint density at radius 2 is 1.89 bits per heavy atom. The van der Waals surface area contributed by atoms with Gasteiger partial charge in [-0.3, -0.25) is 9.59 Å². The fourth-order valence-corrected chi connectivity index (χ4v) is 2.51. The molecular formula is C20H23F2N3O3. The Hall–Kier alpha value is -3.03. The van der Waals surface area contributed by atoms with Gasteiger partial charge in [-0.1, -0.05) is 26.0 Å². The SMILES string of the molecule is CC(=O)N[C@H](C(=O)NCc1cccnc1Oc1ccc(C)c(F)c1F)C(C)C. The van der Waals surface area contributed by atoms with E-state index in [0.717, 1.165) is 0 Å². The Balaban J connectivity index is 2.15. The van der Waals surface area contributed by atoms with Crippen molar-refractivity contribution in [3.8, 4) is 11.6 Å². The lowest BCUT2D eigenvalue weighted by Crippen LogP contribution is -2.48. The van der Waals surface area contributed by atoms with E-state index >= 15 is 0 Å². The molecule has 0 spiro atoms. The second-order valence-electron chi connectivity index (χ2n) is 6.72. The number of nitrogens with one attached hydrogen (secondary N) is 2. The van der Waals surface area contributed by atoms with Gasteiger partial charge in [0.05, 0.1) is 0 Å². The van der Waals surface area contributed by atoms with Crippen LogP contribution in [0.2, 0.25) is 0 Å². The Morgan fingerprint density at radius 3 is 2.54 bits per heavy atom. The molecule has 0 fully saturated rings. The summed E-state index contributed by atoms with van der Waals surface area (Å²) in [5.74, 6) is -3.13. The fraction of sp³-hybridized carbons (Fsp3) is 0.350. The summed E-state index contributed by atoms with van der Waals surface area (Å²) in [7, 11) is 0. The van der Waals surface area contributed by atoms with Crippen molar-refractivity contribution in [2.24, 2.45) is 5.92 Å². The number of pyridine rings is 1. The number of hydrogen-bond acceptors (Lipinski definition) is 4. The highest BCUT2D eigenvalue weighted by atomic mass is 19.2. The zero-order valence-electron chi connectivity index (χ0n) is 16.2. The molecule has 6 nitrogen and oxygen atoms in total. The first-order chi connectivity index (χ1) is 13.2. The van der Waals surface area contributed by atoms with Crippen molar-refractivity contribution in [3.05, 3.63) is 53.2 Å². The van der Waals surface area contributed by atoms with Crippen LogP contribution in [-0.2, 0) is 16.1 Å². The van der Waals surface area contributed by atoms with E-state index in [-0.39, 0.29) is 41.5 Å². The largest absolute Gasteiger partial charge is 0.435 e. The third kappa shape index (κ3) is 5.25. The molecule has 0 aliphatic heterocycles. The predicted molar refractivity (Wildman–Crippen MR) is 99.7 cm³/mol. The molecule has 2 N–H and O–H groups in total. The van der Waals surface area contributed by atoms with Gasteiger partial charge >= 0.3 is 0 Å². The molecule has 0 aliphatic rings. The second kappa shape index (κ2) is 9.25. The summed E-state index contributed by atoms with van der Waals surface area (Å²) < 4.78 is 33.3. The van der Waals surface area contributed by atoms with Crippen molar-refractivity contribution in [1.82, 2.24) is 15.6 Å². The molecule has 1 aromatic heterocycles. The molecule has 8 heteroatoms. The summed E-state index contributed by atoms with van der Waals surface area (Å²) in [5.41, 5.74) is 0.637. The topological polar surface area (TPSA) is 80.3 Å². The van der Waals surface area contributed by atoms with Crippen molar-refractivity contribution >= 4 is 11.8 Å². The second-order valence-corrected chi connectivity index (χ2v) is 6.72. The highest BCUT2D eigenvalue weighted by Crippen LogP contribution is 2.28. The summed E-state index contributed by atoms with van der Waals surface area (Å²) >= 11 is 0. The Labute approximate surface area is 162 Å². The van der Waals surface area contributed by atoms with Crippen LogP contribution >= 0.6 is 0 Å². The van der Waals surface area contributed by atoms with E-state index in [2.05, 4.69) is 15.6 Å². The van der Waals surface area contributed by atoms with Gasteiger partial charge in [-0.2, -0.15) is 4.39 Å². The normalized spacial score (nSPS) is 11.8. The van der Waals surface area contributed by atoms with Crippen LogP contribution in [0.1, 0.15) is 31.9 Å². The van der Waals surface area contributed by atoms with Crippen LogP contribution in [0.4, 0.5) is 8.78 Å². The third-order valence-corrected chi connectivity index (χ3v) is 4.06. The standard InChI is InChI=1S/C20H23F2N3O3/c1-11(2)18(25-13(4)26)19(27)24-10-14-6-5-9-23-20(14)28-15-8-7-12(3)16(21)17(15)22/h5-9,11,18H,10H2,1-4H3,(H,24,27)(H,25,26)/t18-/m0/s1. The van der Waals surface area contributed by atoms with Gasteiger partial charge in [0, 0.05) is 25.2 Å². The fourth-order valence-electron chi connectivity index (χ4n) is 2.51.